The molecule has 0 saturated carbocycles. The van der Waals surface area contributed by atoms with Gasteiger partial charge in [0.2, 0.25) is 5.78 Å². The highest BCUT2D eigenvalue weighted by Gasteiger charge is 2.20. The van der Waals surface area contributed by atoms with E-state index < -0.39 is 6.04 Å². The van der Waals surface area contributed by atoms with Crippen molar-refractivity contribution in [1.29, 1.82) is 0 Å². The van der Waals surface area contributed by atoms with E-state index in [-0.39, 0.29) is 5.78 Å². The zero-order valence-electron chi connectivity index (χ0n) is 8.49. The Bertz CT molecular complexity index is 225. The molecule has 1 unspecified atom stereocenters. The van der Waals surface area contributed by atoms with Crippen molar-refractivity contribution in [2.24, 2.45) is 5.73 Å². The molecule has 4 heteroatoms. The van der Waals surface area contributed by atoms with Crippen molar-refractivity contribution >= 4 is 5.78 Å². The third-order valence-electron chi connectivity index (χ3n) is 2.15. The van der Waals surface area contributed by atoms with Gasteiger partial charge in [0.25, 0.3) is 0 Å². The van der Waals surface area contributed by atoms with Crippen LogP contribution in [0.2, 0.25) is 0 Å². The fourth-order valence-corrected chi connectivity index (χ4v) is 1.29. The predicted molar refractivity (Wildman–Crippen MR) is 52.7 cm³/mol. The average Bonchev–Trinajstić information content (AvgIpc) is 2.26. The van der Waals surface area contributed by atoms with Gasteiger partial charge in [-0.3, -0.25) is 4.79 Å². The van der Waals surface area contributed by atoms with E-state index in [4.69, 9.17) is 15.2 Å². The molecule has 0 aromatic heterocycles. The number of methoxy groups -OCH3 is 1. The van der Waals surface area contributed by atoms with Crippen molar-refractivity contribution in [3.63, 3.8) is 0 Å². The van der Waals surface area contributed by atoms with Crippen LogP contribution in [0.15, 0.2) is 11.8 Å². The summed E-state index contributed by atoms with van der Waals surface area (Å²) in [5.41, 5.74) is 5.68. The van der Waals surface area contributed by atoms with Gasteiger partial charge in [-0.2, -0.15) is 0 Å². The van der Waals surface area contributed by atoms with Gasteiger partial charge in [0.05, 0.1) is 12.6 Å². The number of allylic oxidation sites excluding steroid dienone is 1. The second-order valence-corrected chi connectivity index (χ2v) is 3.31. The molecular weight excluding hydrogens is 182 g/mol. The molecule has 0 aliphatic carbocycles. The van der Waals surface area contributed by atoms with Gasteiger partial charge in [0, 0.05) is 13.7 Å². The smallest absolute Gasteiger partial charge is 0.213 e. The van der Waals surface area contributed by atoms with Crippen LogP contribution in [0.25, 0.3) is 0 Å². The first-order valence-corrected chi connectivity index (χ1v) is 4.87. The Kier molecular flexibility index (Phi) is 4.62. The number of ether oxygens (including phenoxy) is 2. The highest BCUT2D eigenvalue weighted by molar-refractivity contribution is 5.97. The molecule has 0 aromatic rings. The number of carbonyl (C=O) groups excluding carboxylic acids is 1. The second-order valence-electron chi connectivity index (χ2n) is 3.31. The molecule has 14 heavy (non-hydrogen) atoms. The molecule has 0 bridgehead atoms. The summed E-state index contributed by atoms with van der Waals surface area (Å²) in [7, 11) is 1.59. The number of hydrogen-bond acceptors (Lipinski definition) is 4. The Balaban J connectivity index is 2.42. The van der Waals surface area contributed by atoms with Crippen molar-refractivity contribution in [2.45, 2.75) is 25.3 Å². The molecule has 0 amide bonds. The zero-order chi connectivity index (χ0) is 10.4. The Hall–Kier alpha value is -0.870. The van der Waals surface area contributed by atoms with Crippen LogP contribution in [-0.2, 0) is 14.3 Å². The fourth-order valence-electron chi connectivity index (χ4n) is 1.29. The SMILES string of the molecule is COCCC(N)C(=O)C1=CCCCO1. The van der Waals surface area contributed by atoms with Crippen molar-refractivity contribution < 1.29 is 14.3 Å². The van der Waals surface area contributed by atoms with E-state index >= 15 is 0 Å². The van der Waals surface area contributed by atoms with Crippen molar-refractivity contribution in [1.82, 2.24) is 0 Å². The minimum Gasteiger partial charge on any atom is -0.490 e. The maximum absolute atomic E-state index is 11.6. The summed E-state index contributed by atoms with van der Waals surface area (Å²) in [6, 6.07) is -0.501. The minimum atomic E-state index is -0.501. The molecule has 1 atom stereocenters. The lowest BCUT2D eigenvalue weighted by atomic mass is 10.1. The highest BCUT2D eigenvalue weighted by atomic mass is 16.5. The topological polar surface area (TPSA) is 61.5 Å². The van der Waals surface area contributed by atoms with Gasteiger partial charge in [0.1, 0.15) is 0 Å². The molecule has 2 N–H and O–H groups in total. The zero-order valence-corrected chi connectivity index (χ0v) is 8.49. The Morgan fingerprint density at radius 3 is 3.14 bits per heavy atom. The molecule has 1 aliphatic heterocycles. The quantitative estimate of drug-likeness (QED) is 0.704. The first-order valence-electron chi connectivity index (χ1n) is 4.87. The summed E-state index contributed by atoms with van der Waals surface area (Å²) < 4.78 is 10.1. The maximum atomic E-state index is 11.6. The maximum Gasteiger partial charge on any atom is 0.213 e. The van der Waals surface area contributed by atoms with Crippen LogP contribution >= 0.6 is 0 Å². The van der Waals surface area contributed by atoms with Gasteiger partial charge < -0.3 is 15.2 Å². The lowest BCUT2D eigenvalue weighted by Crippen LogP contribution is -2.34. The van der Waals surface area contributed by atoms with Gasteiger partial charge in [-0.1, -0.05) is 0 Å². The standard InChI is InChI=1S/C10H17NO3/c1-13-7-5-8(11)10(12)9-4-2-3-6-14-9/h4,8H,2-3,5-7,11H2,1H3. The molecule has 0 aromatic carbocycles. The van der Waals surface area contributed by atoms with E-state index in [0.29, 0.717) is 25.4 Å². The first kappa shape index (κ1) is 11.2. The predicted octanol–water partition coefficient (Wildman–Crippen LogP) is 0.614. The molecule has 0 fully saturated rings. The average molecular weight is 199 g/mol. The summed E-state index contributed by atoms with van der Waals surface area (Å²) in [6.07, 6.45) is 4.23. The molecule has 1 rings (SSSR count). The summed E-state index contributed by atoms with van der Waals surface area (Å²) in [6.45, 7) is 1.12. The highest BCUT2D eigenvalue weighted by Crippen LogP contribution is 2.12. The fraction of sp³-hybridized carbons (Fsp3) is 0.700. The van der Waals surface area contributed by atoms with Gasteiger partial charge in [-0.05, 0) is 25.3 Å². The van der Waals surface area contributed by atoms with Crippen molar-refractivity contribution in [3.05, 3.63) is 11.8 Å². The van der Waals surface area contributed by atoms with Gasteiger partial charge in [0.15, 0.2) is 5.76 Å². The Morgan fingerprint density at radius 2 is 2.57 bits per heavy atom. The second kappa shape index (κ2) is 5.78. The lowest BCUT2D eigenvalue weighted by molar-refractivity contribution is -0.120. The van der Waals surface area contributed by atoms with E-state index in [1.165, 1.54) is 0 Å². The minimum absolute atomic E-state index is 0.109. The molecule has 80 valence electrons. The van der Waals surface area contributed by atoms with E-state index in [1.54, 1.807) is 7.11 Å². The van der Waals surface area contributed by atoms with E-state index in [0.717, 1.165) is 12.8 Å². The van der Waals surface area contributed by atoms with Crippen LogP contribution < -0.4 is 5.73 Å². The van der Waals surface area contributed by atoms with Crippen LogP contribution in [-0.4, -0.2) is 32.1 Å². The largest absolute Gasteiger partial charge is 0.490 e. The van der Waals surface area contributed by atoms with Gasteiger partial charge in [-0.15, -0.1) is 0 Å². The molecular formula is C10H17NO3. The molecule has 0 saturated heterocycles. The molecule has 4 nitrogen and oxygen atoms in total. The third-order valence-corrected chi connectivity index (χ3v) is 2.15. The number of Topliss-reactive ketones (excluding diaryl/α,β-unsaturated/α-hetero) is 1. The number of rotatable bonds is 5. The third kappa shape index (κ3) is 3.12. The normalized spacial score (nSPS) is 18.3. The molecule has 0 spiro atoms. The Morgan fingerprint density at radius 1 is 1.79 bits per heavy atom. The van der Waals surface area contributed by atoms with Crippen LogP contribution in [0.1, 0.15) is 19.3 Å². The van der Waals surface area contributed by atoms with E-state index in [9.17, 15) is 4.79 Å². The van der Waals surface area contributed by atoms with Crippen LogP contribution in [0.4, 0.5) is 0 Å². The van der Waals surface area contributed by atoms with Crippen LogP contribution in [0.3, 0.4) is 0 Å². The van der Waals surface area contributed by atoms with E-state index in [1.807, 2.05) is 6.08 Å². The van der Waals surface area contributed by atoms with Crippen molar-refractivity contribution in [3.8, 4) is 0 Å². The van der Waals surface area contributed by atoms with Gasteiger partial charge in [-0.25, -0.2) is 0 Å². The number of carbonyl (C=O) groups is 1. The van der Waals surface area contributed by atoms with Crippen LogP contribution in [0.5, 0.6) is 0 Å². The summed E-state index contributed by atoms with van der Waals surface area (Å²) >= 11 is 0. The number of nitrogens with two attached hydrogens (primary N) is 1. The number of ketones is 1. The Labute approximate surface area is 84.1 Å². The summed E-state index contributed by atoms with van der Waals surface area (Å²) in [4.78, 5) is 11.6. The summed E-state index contributed by atoms with van der Waals surface area (Å²) in [5.74, 6) is 0.321. The number of hydrogen-bond donors (Lipinski definition) is 1. The lowest BCUT2D eigenvalue weighted by Gasteiger charge is -2.16. The molecule has 1 heterocycles. The first-order chi connectivity index (χ1) is 6.75. The monoisotopic (exact) mass is 199 g/mol. The molecule has 1 aliphatic rings. The van der Waals surface area contributed by atoms with Gasteiger partial charge >= 0.3 is 0 Å². The summed E-state index contributed by atoms with van der Waals surface area (Å²) in [5, 5.41) is 0. The van der Waals surface area contributed by atoms with E-state index in [2.05, 4.69) is 0 Å². The molecule has 0 radical (unpaired) electrons. The van der Waals surface area contributed by atoms with Crippen molar-refractivity contribution in [2.75, 3.05) is 20.3 Å². The van der Waals surface area contributed by atoms with Crippen LogP contribution in [0, 0.1) is 0 Å².